The van der Waals surface area contributed by atoms with E-state index in [0.717, 1.165) is 6.54 Å². The fourth-order valence-corrected chi connectivity index (χ4v) is 1.96. The van der Waals surface area contributed by atoms with Crippen LogP contribution < -0.4 is 0 Å². The van der Waals surface area contributed by atoms with Gasteiger partial charge in [-0.15, -0.1) is 5.10 Å². The van der Waals surface area contributed by atoms with Gasteiger partial charge in [0.25, 0.3) is 5.82 Å². The van der Waals surface area contributed by atoms with Crippen LogP contribution in [0.1, 0.15) is 37.3 Å². The molecule has 1 aromatic heterocycles. The Labute approximate surface area is 107 Å². The Balaban J connectivity index is 1.98. The van der Waals surface area contributed by atoms with Gasteiger partial charge in [-0.2, -0.15) is 0 Å². The molecular formula is C12H20N4O2. The largest absolute Gasteiger partial charge is 0.463 e. The number of hydrogen-bond donors (Lipinski definition) is 0. The Hall–Kier alpha value is -1.43. The highest BCUT2D eigenvalue weighted by molar-refractivity contribution is 5.84. The number of esters is 1. The molecule has 0 radical (unpaired) electrons. The molecule has 1 aromatic rings. The third kappa shape index (κ3) is 3.29. The van der Waals surface area contributed by atoms with E-state index in [0.29, 0.717) is 18.6 Å². The molecule has 1 heterocycles. The highest BCUT2D eigenvalue weighted by Gasteiger charge is 2.29. The van der Waals surface area contributed by atoms with Crippen molar-refractivity contribution in [3.63, 3.8) is 0 Å². The summed E-state index contributed by atoms with van der Waals surface area (Å²) in [6, 6.07) is 0.665. The second-order valence-corrected chi connectivity index (χ2v) is 5.14. The van der Waals surface area contributed by atoms with Crippen LogP contribution in [0.5, 0.6) is 0 Å². The van der Waals surface area contributed by atoms with Crippen LogP contribution in [-0.2, 0) is 11.4 Å². The Morgan fingerprint density at radius 3 is 2.89 bits per heavy atom. The molecule has 0 aromatic carbocycles. The number of carbonyl (C=O) groups is 1. The summed E-state index contributed by atoms with van der Waals surface area (Å²) in [4.78, 5) is 17.6. The molecule has 1 aliphatic rings. The molecule has 100 valence electrons. The number of nitrogens with zero attached hydrogens (tertiary/aromatic N) is 4. The number of aromatic nitrogens is 3. The number of hydrogen-bond acceptors (Lipinski definition) is 5. The SMILES string of the molecule is COC(=O)c1ncn(CN(CC(C)C)C2CC2)n1. The second kappa shape index (κ2) is 5.48. The van der Waals surface area contributed by atoms with Crippen LogP contribution in [0.3, 0.4) is 0 Å². The summed E-state index contributed by atoms with van der Waals surface area (Å²) in [7, 11) is 1.33. The zero-order valence-corrected chi connectivity index (χ0v) is 11.2. The van der Waals surface area contributed by atoms with E-state index in [9.17, 15) is 4.79 Å². The molecule has 0 spiro atoms. The van der Waals surface area contributed by atoms with Gasteiger partial charge in [-0.3, -0.25) is 4.90 Å². The van der Waals surface area contributed by atoms with E-state index in [4.69, 9.17) is 0 Å². The molecule has 0 bridgehead atoms. The van der Waals surface area contributed by atoms with Crippen LogP contribution in [0.4, 0.5) is 0 Å². The van der Waals surface area contributed by atoms with Gasteiger partial charge in [0.1, 0.15) is 6.33 Å². The van der Waals surface area contributed by atoms with E-state index in [-0.39, 0.29) is 5.82 Å². The molecule has 1 aliphatic carbocycles. The molecule has 2 rings (SSSR count). The van der Waals surface area contributed by atoms with Crippen molar-refractivity contribution in [1.82, 2.24) is 19.7 Å². The van der Waals surface area contributed by atoms with Gasteiger partial charge in [-0.25, -0.2) is 14.5 Å². The van der Waals surface area contributed by atoms with E-state index >= 15 is 0 Å². The molecule has 1 saturated carbocycles. The van der Waals surface area contributed by atoms with Gasteiger partial charge in [-0.1, -0.05) is 13.8 Å². The normalized spacial score (nSPS) is 15.4. The summed E-state index contributed by atoms with van der Waals surface area (Å²) in [5.41, 5.74) is 0. The average Bonchev–Trinajstić information content (AvgIpc) is 3.08. The van der Waals surface area contributed by atoms with Crippen LogP contribution >= 0.6 is 0 Å². The zero-order chi connectivity index (χ0) is 13.1. The highest BCUT2D eigenvalue weighted by Crippen LogP contribution is 2.27. The maximum Gasteiger partial charge on any atom is 0.377 e. The van der Waals surface area contributed by atoms with Gasteiger partial charge in [0.2, 0.25) is 0 Å². The molecule has 0 aliphatic heterocycles. The van der Waals surface area contributed by atoms with E-state index in [2.05, 4.69) is 33.6 Å². The van der Waals surface area contributed by atoms with E-state index in [1.807, 2.05) is 0 Å². The summed E-state index contributed by atoms with van der Waals surface area (Å²) in [6.07, 6.45) is 4.10. The minimum absolute atomic E-state index is 0.123. The molecule has 0 saturated heterocycles. The first-order chi connectivity index (χ1) is 8.60. The van der Waals surface area contributed by atoms with Crippen molar-refractivity contribution in [2.24, 2.45) is 5.92 Å². The van der Waals surface area contributed by atoms with Crippen molar-refractivity contribution in [3.8, 4) is 0 Å². The quantitative estimate of drug-likeness (QED) is 0.711. The topological polar surface area (TPSA) is 60.2 Å². The van der Waals surface area contributed by atoms with Crippen molar-refractivity contribution in [1.29, 1.82) is 0 Å². The average molecular weight is 252 g/mol. The molecule has 0 amide bonds. The summed E-state index contributed by atoms with van der Waals surface area (Å²) >= 11 is 0. The minimum Gasteiger partial charge on any atom is -0.463 e. The van der Waals surface area contributed by atoms with Gasteiger partial charge in [0.05, 0.1) is 13.8 Å². The Morgan fingerprint density at radius 2 is 2.33 bits per heavy atom. The van der Waals surface area contributed by atoms with Gasteiger partial charge >= 0.3 is 5.97 Å². The third-order valence-corrected chi connectivity index (χ3v) is 2.89. The van der Waals surface area contributed by atoms with Gasteiger partial charge < -0.3 is 4.74 Å². The van der Waals surface area contributed by atoms with Crippen LogP contribution in [-0.4, -0.2) is 45.3 Å². The monoisotopic (exact) mass is 252 g/mol. The van der Waals surface area contributed by atoms with Gasteiger partial charge in [0.15, 0.2) is 0 Å². The number of rotatable bonds is 6. The fraction of sp³-hybridized carbons (Fsp3) is 0.750. The lowest BCUT2D eigenvalue weighted by molar-refractivity contribution is 0.0585. The molecule has 0 N–H and O–H groups in total. The standard InChI is InChI=1S/C12H20N4O2/c1-9(2)6-15(10-4-5-10)8-16-7-13-11(14-16)12(17)18-3/h7,9-10H,4-6,8H2,1-3H3. The molecule has 1 fully saturated rings. The van der Waals surface area contributed by atoms with Crippen molar-refractivity contribution < 1.29 is 9.53 Å². The van der Waals surface area contributed by atoms with Gasteiger partial charge in [0, 0.05) is 12.6 Å². The van der Waals surface area contributed by atoms with E-state index in [1.54, 1.807) is 11.0 Å². The Morgan fingerprint density at radius 1 is 1.61 bits per heavy atom. The molecule has 0 unspecified atom stereocenters. The summed E-state index contributed by atoms with van der Waals surface area (Å²) < 4.78 is 6.29. The molecule has 6 heteroatoms. The van der Waals surface area contributed by atoms with Crippen LogP contribution in [0, 0.1) is 5.92 Å². The van der Waals surface area contributed by atoms with E-state index in [1.165, 1.54) is 20.0 Å². The molecule has 18 heavy (non-hydrogen) atoms. The predicted octanol–water partition coefficient (Wildman–Crippen LogP) is 1.14. The maximum absolute atomic E-state index is 11.3. The highest BCUT2D eigenvalue weighted by atomic mass is 16.5. The zero-order valence-electron chi connectivity index (χ0n) is 11.2. The van der Waals surface area contributed by atoms with Crippen molar-refractivity contribution in [2.75, 3.05) is 13.7 Å². The third-order valence-electron chi connectivity index (χ3n) is 2.89. The number of carbonyl (C=O) groups excluding carboxylic acids is 1. The summed E-state index contributed by atoms with van der Waals surface area (Å²) in [6.45, 7) is 6.14. The first-order valence-electron chi connectivity index (χ1n) is 6.32. The lowest BCUT2D eigenvalue weighted by Crippen LogP contribution is -2.32. The maximum atomic E-state index is 11.3. The van der Waals surface area contributed by atoms with Crippen LogP contribution in [0.2, 0.25) is 0 Å². The van der Waals surface area contributed by atoms with Crippen LogP contribution in [0.25, 0.3) is 0 Å². The van der Waals surface area contributed by atoms with Crippen LogP contribution in [0.15, 0.2) is 6.33 Å². The van der Waals surface area contributed by atoms with Gasteiger partial charge in [-0.05, 0) is 18.8 Å². The Kier molecular flexibility index (Phi) is 3.96. The molecule has 6 nitrogen and oxygen atoms in total. The van der Waals surface area contributed by atoms with Crippen molar-refractivity contribution >= 4 is 5.97 Å². The molecule has 0 atom stereocenters. The predicted molar refractivity (Wildman–Crippen MR) is 65.9 cm³/mol. The number of methoxy groups -OCH3 is 1. The lowest BCUT2D eigenvalue weighted by Gasteiger charge is -2.23. The smallest absolute Gasteiger partial charge is 0.377 e. The van der Waals surface area contributed by atoms with Crippen molar-refractivity contribution in [3.05, 3.63) is 12.2 Å². The lowest BCUT2D eigenvalue weighted by atomic mass is 10.2. The van der Waals surface area contributed by atoms with E-state index < -0.39 is 5.97 Å². The summed E-state index contributed by atoms with van der Waals surface area (Å²) in [5, 5.41) is 4.13. The number of ether oxygens (including phenoxy) is 1. The fourth-order valence-electron chi connectivity index (χ4n) is 1.96. The second-order valence-electron chi connectivity index (χ2n) is 5.14. The Bertz CT molecular complexity index is 412. The van der Waals surface area contributed by atoms with Crippen molar-refractivity contribution in [2.45, 2.75) is 39.4 Å². The first kappa shape index (κ1) is 13.0. The summed E-state index contributed by atoms with van der Waals surface area (Å²) in [5.74, 6) is 0.252. The minimum atomic E-state index is -0.490. The molecular weight excluding hydrogens is 232 g/mol. The first-order valence-corrected chi connectivity index (χ1v) is 6.32.